The zero-order valence-corrected chi connectivity index (χ0v) is 19.4. The predicted molar refractivity (Wildman–Crippen MR) is 111 cm³/mol. The number of hydrogen-bond acceptors (Lipinski definition) is 9. The molecule has 0 amide bonds. The standard InChI is InChI=1S/C20H33O9P/c1-8-25-17(21)15(6)13-20(19(23)27-10-3,14-16(7)18(22)26-9-2)30(24,28-11-4)29-12-5/h6-14H2,1-5H3. The highest BCUT2D eigenvalue weighted by atomic mass is 31.2. The van der Waals surface area contributed by atoms with E-state index in [0.717, 1.165) is 0 Å². The summed E-state index contributed by atoms with van der Waals surface area (Å²) >= 11 is 0. The first kappa shape index (κ1) is 28.0. The lowest BCUT2D eigenvalue weighted by Crippen LogP contribution is -2.43. The lowest BCUT2D eigenvalue weighted by molar-refractivity contribution is -0.147. The Bertz CT molecular complexity index is 642. The summed E-state index contributed by atoms with van der Waals surface area (Å²) in [6.45, 7) is 15.2. The summed E-state index contributed by atoms with van der Waals surface area (Å²) in [5, 5.41) is -2.08. The first-order chi connectivity index (χ1) is 14.1. The van der Waals surface area contributed by atoms with Crippen LogP contribution in [0.15, 0.2) is 24.3 Å². The van der Waals surface area contributed by atoms with Gasteiger partial charge in [0.15, 0.2) is 5.16 Å². The van der Waals surface area contributed by atoms with Crippen molar-refractivity contribution in [3.8, 4) is 0 Å². The summed E-state index contributed by atoms with van der Waals surface area (Å²) < 4.78 is 39.8. The number of ether oxygens (including phenoxy) is 3. The Labute approximate surface area is 178 Å². The molecule has 30 heavy (non-hydrogen) atoms. The number of hydrogen-bond donors (Lipinski definition) is 0. The largest absolute Gasteiger partial charge is 0.465 e. The van der Waals surface area contributed by atoms with Gasteiger partial charge in [-0.15, -0.1) is 0 Å². The van der Waals surface area contributed by atoms with E-state index in [2.05, 4.69) is 13.2 Å². The molecule has 0 aliphatic rings. The van der Waals surface area contributed by atoms with Crippen LogP contribution in [0.2, 0.25) is 0 Å². The molecule has 0 aromatic heterocycles. The topological polar surface area (TPSA) is 114 Å². The molecule has 0 fully saturated rings. The van der Waals surface area contributed by atoms with Crippen molar-refractivity contribution < 1.29 is 42.2 Å². The molecule has 0 unspecified atom stereocenters. The van der Waals surface area contributed by atoms with Crippen molar-refractivity contribution >= 4 is 25.5 Å². The molecule has 0 aromatic carbocycles. The van der Waals surface area contributed by atoms with Crippen LogP contribution in [0, 0.1) is 0 Å². The maximum atomic E-state index is 13.9. The van der Waals surface area contributed by atoms with Gasteiger partial charge in [0, 0.05) is 24.0 Å². The third-order valence-corrected chi connectivity index (χ3v) is 6.66. The second-order valence-corrected chi connectivity index (χ2v) is 8.45. The Morgan fingerprint density at radius 2 is 1.07 bits per heavy atom. The van der Waals surface area contributed by atoms with E-state index in [0.29, 0.717) is 0 Å². The highest BCUT2D eigenvalue weighted by Gasteiger charge is 2.59. The Morgan fingerprint density at radius 3 is 1.37 bits per heavy atom. The van der Waals surface area contributed by atoms with Gasteiger partial charge in [-0.2, -0.15) is 0 Å². The maximum absolute atomic E-state index is 13.9. The average molecular weight is 448 g/mol. The molecule has 0 aromatic rings. The molecule has 0 rings (SSSR count). The van der Waals surface area contributed by atoms with E-state index in [1.807, 2.05) is 0 Å². The van der Waals surface area contributed by atoms with Crippen LogP contribution in [0.1, 0.15) is 47.5 Å². The Morgan fingerprint density at radius 1 is 0.700 bits per heavy atom. The van der Waals surface area contributed by atoms with Gasteiger partial charge >= 0.3 is 25.5 Å². The van der Waals surface area contributed by atoms with E-state index in [-0.39, 0.29) is 44.2 Å². The van der Waals surface area contributed by atoms with Crippen LogP contribution in [0.25, 0.3) is 0 Å². The zero-order valence-electron chi connectivity index (χ0n) is 18.5. The molecular formula is C20H33O9P. The van der Waals surface area contributed by atoms with Crippen LogP contribution >= 0.6 is 7.60 Å². The lowest BCUT2D eigenvalue weighted by Gasteiger charge is -2.37. The first-order valence-corrected chi connectivity index (χ1v) is 11.4. The molecule has 0 spiro atoms. The lowest BCUT2D eigenvalue weighted by atomic mass is 9.92. The maximum Gasteiger partial charge on any atom is 0.348 e. The second kappa shape index (κ2) is 13.4. The summed E-state index contributed by atoms with van der Waals surface area (Å²) in [7, 11) is -4.28. The van der Waals surface area contributed by atoms with Gasteiger partial charge in [-0.25, -0.2) is 9.59 Å². The fraction of sp³-hybridized carbons (Fsp3) is 0.650. The summed E-state index contributed by atoms with van der Waals surface area (Å²) in [6.07, 6.45) is -0.971. The SMILES string of the molecule is C=C(CC(CC(=C)C(=O)OCC)(C(=O)OCC)P(=O)(OCC)OCC)C(=O)OCC. The second-order valence-electron chi connectivity index (χ2n) is 6.09. The molecule has 0 heterocycles. The number of carbonyl (C=O) groups excluding carboxylic acids is 3. The highest BCUT2D eigenvalue weighted by molar-refractivity contribution is 7.56. The minimum absolute atomic E-state index is 0.0450. The van der Waals surface area contributed by atoms with Crippen LogP contribution < -0.4 is 0 Å². The van der Waals surface area contributed by atoms with Crippen molar-refractivity contribution in [3.05, 3.63) is 24.3 Å². The predicted octanol–water partition coefficient (Wildman–Crippen LogP) is 3.57. The summed E-state index contributed by atoms with van der Waals surface area (Å²) in [4.78, 5) is 37.6. The Hall–Kier alpha value is -1.96. The fourth-order valence-corrected chi connectivity index (χ4v) is 5.02. The molecule has 0 saturated carbocycles. The Kier molecular flexibility index (Phi) is 12.5. The van der Waals surface area contributed by atoms with Gasteiger partial charge < -0.3 is 23.3 Å². The molecule has 0 atom stereocenters. The van der Waals surface area contributed by atoms with Gasteiger partial charge in [0.2, 0.25) is 0 Å². The van der Waals surface area contributed by atoms with E-state index < -0.39 is 43.5 Å². The highest BCUT2D eigenvalue weighted by Crippen LogP contribution is 2.65. The fourth-order valence-electron chi connectivity index (χ4n) is 2.72. The van der Waals surface area contributed by atoms with Crippen LogP contribution in [0.3, 0.4) is 0 Å². The zero-order chi connectivity index (χ0) is 23.4. The van der Waals surface area contributed by atoms with Crippen molar-refractivity contribution in [2.45, 2.75) is 52.6 Å². The van der Waals surface area contributed by atoms with Gasteiger partial charge in [-0.1, -0.05) is 13.2 Å². The number of rotatable bonds is 15. The molecule has 0 radical (unpaired) electrons. The first-order valence-electron chi connectivity index (χ1n) is 9.85. The molecule has 0 aliphatic heterocycles. The number of esters is 3. The van der Waals surface area contributed by atoms with Crippen LogP contribution in [-0.4, -0.2) is 56.1 Å². The van der Waals surface area contributed by atoms with Gasteiger partial charge in [0.25, 0.3) is 0 Å². The number of carbonyl (C=O) groups is 3. The van der Waals surface area contributed by atoms with Gasteiger partial charge in [-0.3, -0.25) is 9.36 Å². The van der Waals surface area contributed by atoms with E-state index in [4.69, 9.17) is 23.3 Å². The van der Waals surface area contributed by atoms with Crippen molar-refractivity contribution in [2.75, 3.05) is 33.0 Å². The van der Waals surface area contributed by atoms with Crippen molar-refractivity contribution in [3.63, 3.8) is 0 Å². The quantitative estimate of drug-likeness (QED) is 0.160. The summed E-state index contributed by atoms with van der Waals surface area (Å²) in [5.74, 6) is -2.54. The van der Waals surface area contributed by atoms with Crippen molar-refractivity contribution in [1.82, 2.24) is 0 Å². The molecule has 0 bridgehead atoms. The minimum atomic E-state index is -4.28. The molecule has 9 nitrogen and oxygen atoms in total. The average Bonchev–Trinajstić information content (AvgIpc) is 2.67. The van der Waals surface area contributed by atoms with Crippen molar-refractivity contribution in [1.29, 1.82) is 0 Å². The molecular weight excluding hydrogens is 415 g/mol. The van der Waals surface area contributed by atoms with E-state index >= 15 is 0 Å². The molecule has 0 aliphatic carbocycles. The summed E-state index contributed by atoms with van der Waals surface area (Å²) in [5.41, 5.74) is -0.303. The third kappa shape index (κ3) is 7.07. The minimum Gasteiger partial charge on any atom is -0.465 e. The molecule has 172 valence electrons. The van der Waals surface area contributed by atoms with Gasteiger partial charge in [0.05, 0.1) is 33.0 Å². The Balaban J connectivity index is 6.59. The van der Waals surface area contributed by atoms with Gasteiger partial charge in [0.1, 0.15) is 0 Å². The van der Waals surface area contributed by atoms with E-state index in [1.54, 1.807) is 34.6 Å². The van der Waals surface area contributed by atoms with Crippen LogP contribution in [0.5, 0.6) is 0 Å². The normalized spacial score (nSPS) is 11.5. The van der Waals surface area contributed by atoms with E-state index in [1.165, 1.54) is 0 Å². The van der Waals surface area contributed by atoms with Crippen molar-refractivity contribution in [2.24, 2.45) is 0 Å². The monoisotopic (exact) mass is 448 g/mol. The van der Waals surface area contributed by atoms with Crippen LogP contribution in [-0.2, 0) is 42.2 Å². The smallest absolute Gasteiger partial charge is 0.348 e. The van der Waals surface area contributed by atoms with E-state index in [9.17, 15) is 18.9 Å². The third-order valence-electron chi connectivity index (χ3n) is 3.92. The molecule has 10 heteroatoms. The van der Waals surface area contributed by atoms with Crippen LogP contribution in [0.4, 0.5) is 0 Å². The molecule has 0 saturated heterocycles. The van der Waals surface area contributed by atoms with Gasteiger partial charge in [-0.05, 0) is 34.6 Å². The molecule has 0 N–H and O–H groups in total. The summed E-state index contributed by atoms with van der Waals surface area (Å²) in [6, 6.07) is 0.